The van der Waals surface area contributed by atoms with E-state index in [1.165, 1.54) is 86.5 Å². The minimum atomic E-state index is -0.0521. The number of furan rings is 1. The molecule has 0 radical (unpaired) electrons. The van der Waals surface area contributed by atoms with Gasteiger partial charge in [-0.3, -0.25) is 0 Å². The summed E-state index contributed by atoms with van der Waals surface area (Å²) < 4.78 is 11.9. The third-order valence-corrected chi connectivity index (χ3v) is 14.4. The lowest BCUT2D eigenvalue weighted by atomic mass is 9.81. The molecular formula is C57H37NOS. The summed E-state index contributed by atoms with van der Waals surface area (Å²) in [5.74, 6) is 0. The molecule has 3 heteroatoms. The molecule has 1 aliphatic carbocycles. The molecule has 0 fully saturated rings. The van der Waals surface area contributed by atoms with E-state index >= 15 is 0 Å². The average molecular weight is 784 g/mol. The van der Waals surface area contributed by atoms with Gasteiger partial charge in [-0.2, -0.15) is 0 Å². The maximum Gasteiger partial charge on any atom is 0.143 e. The second-order valence-corrected chi connectivity index (χ2v) is 17.9. The highest BCUT2D eigenvalue weighted by molar-refractivity contribution is 7.25. The zero-order valence-corrected chi connectivity index (χ0v) is 34.0. The van der Waals surface area contributed by atoms with Crippen LogP contribution in [0.4, 0.5) is 0 Å². The minimum absolute atomic E-state index is 0.0521. The number of rotatable bonds is 4. The Bertz CT molecular complexity index is 3740. The molecule has 0 N–H and O–H groups in total. The summed E-state index contributed by atoms with van der Waals surface area (Å²) in [4.78, 5) is 0. The Hall–Kier alpha value is -7.20. The molecule has 1 aliphatic rings. The van der Waals surface area contributed by atoms with Crippen LogP contribution in [-0.4, -0.2) is 4.57 Å². The van der Waals surface area contributed by atoms with Crippen LogP contribution in [0.15, 0.2) is 192 Å². The number of hydrogen-bond acceptors (Lipinski definition) is 2. The van der Waals surface area contributed by atoms with E-state index in [1.54, 1.807) is 0 Å². The van der Waals surface area contributed by atoms with E-state index in [2.05, 4.69) is 206 Å². The molecule has 0 saturated heterocycles. The quantitative estimate of drug-likeness (QED) is 0.174. The molecule has 282 valence electrons. The van der Waals surface area contributed by atoms with Gasteiger partial charge in [-0.05, 0) is 99.1 Å². The maximum atomic E-state index is 6.85. The molecule has 3 heterocycles. The molecule has 0 aliphatic heterocycles. The molecule has 0 unspecified atom stereocenters. The highest BCUT2D eigenvalue weighted by atomic mass is 32.1. The molecule has 60 heavy (non-hydrogen) atoms. The Morgan fingerprint density at radius 1 is 0.417 bits per heavy atom. The second kappa shape index (κ2) is 12.4. The van der Waals surface area contributed by atoms with E-state index < -0.39 is 0 Å². The molecule has 0 bridgehead atoms. The van der Waals surface area contributed by atoms with Gasteiger partial charge in [0.2, 0.25) is 0 Å². The molecule has 13 rings (SSSR count). The van der Waals surface area contributed by atoms with Crippen LogP contribution in [-0.2, 0) is 5.41 Å². The second-order valence-electron chi connectivity index (χ2n) is 16.8. The molecule has 0 spiro atoms. The van der Waals surface area contributed by atoms with Crippen molar-refractivity contribution >= 4 is 75.3 Å². The Morgan fingerprint density at radius 3 is 1.93 bits per heavy atom. The van der Waals surface area contributed by atoms with Gasteiger partial charge in [-0.1, -0.05) is 147 Å². The van der Waals surface area contributed by atoms with Crippen LogP contribution in [0.2, 0.25) is 0 Å². The number of nitrogens with zero attached hydrogens (tertiary/aromatic N) is 1. The Kier molecular flexibility index (Phi) is 6.98. The number of benzene rings is 9. The first kappa shape index (κ1) is 33.7. The summed E-state index contributed by atoms with van der Waals surface area (Å²) in [5, 5.41) is 7.35. The molecule has 0 amide bonds. The van der Waals surface area contributed by atoms with Crippen molar-refractivity contribution in [2.45, 2.75) is 19.3 Å². The summed E-state index contributed by atoms with van der Waals surface area (Å²) in [6.07, 6.45) is 0. The van der Waals surface area contributed by atoms with Gasteiger partial charge in [0.25, 0.3) is 0 Å². The summed E-state index contributed by atoms with van der Waals surface area (Å²) in [7, 11) is 0. The van der Waals surface area contributed by atoms with Gasteiger partial charge in [0.15, 0.2) is 0 Å². The average Bonchev–Trinajstić information content (AvgIpc) is 4.03. The SMILES string of the molecule is CC1(C)c2ccccc2-c2ccc(-c3ccc4oc5c(-c6cccc7c8ccccc8n(-c8ccc(-c9ccc%10sc%11ccccc%11c%10c9)cc8)c67)cccc5c4c3)cc21. The Labute approximate surface area is 351 Å². The number of fused-ring (bicyclic) bond motifs is 12. The molecule has 3 aromatic heterocycles. The normalized spacial score (nSPS) is 13.3. The fourth-order valence-electron chi connectivity index (χ4n) is 10.3. The molecular weight excluding hydrogens is 747 g/mol. The van der Waals surface area contributed by atoms with Crippen LogP contribution in [0.5, 0.6) is 0 Å². The van der Waals surface area contributed by atoms with E-state index in [1.807, 2.05) is 11.3 Å². The van der Waals surface area contributed by atoms with E-state index in [9.17, 15) is 0 Å². The lowest BCUT2D eigenvalue weighted by molar-refractivity contribution is 0.660. The minimum Gasteiger partial charge on any atom is -0.455 e. The van der Waals surface area contributed by atoms with Crippen molar-refractivity contribution in [1.82, 2.24) is 4.57 Å². The topological polar surface area (TPSA) is 18.1 Å². The van der Waals surface area contributed by atoms with Crippen LogP contribution in [0.25, 0.3) is 114 Å². The van der Waals surface area contributed by atoms with Gasteiger partial charge in [-0.25, -0.2) is 0 Å². The first-order valence-electron chi connectivity index (χ1n) is 20.7. The van der Waals surface area contributed by atoms with E-state index in [0.717, 1.165) is 38.8 Å². The zero-order valence-electron chi connectivity index (χ0n) is 33.2. The Morgan fingerprint density at radius 2 is 1.03 bits per heavy atom. The van der Waals surface area contributed by atoms with E-state index in [4.69, 9.17) is 4.42 Å². The van der Waals surface area contributed by atoms with Crippen LogP contribution in [0.1, 0.15) is 25.0 Å². The van der Waals surface area contributed by atoms with Crippen molar-refractivity contribution in [3.05, 3.63) is 199 Å². The predicted octanol–water partition coefficient (Wildman–Crippen LogP) is 16.4. The highest BCUT2D eigenvalue weighted by Crippen LogP contribution is 2.50. The van der Waals surface area contributed by atoms with Crippen LogP contribution < -0.4 is 0 Å². The largest absolute Gasteiger partial charge is 0.455 e. The number of thiophene rings is 1. The summed E-state index contributed by atoms with van der Waals surface area (Å²) in [6, 6.07) is 69.3. The van der Waals surface area contributed by atoms with Gasteiger partial charge in [0, 0.05) is 63.9 Å². The van der Waals surface area contributed by atoms with E-state index in [0.29, 0.717) is 0 Å². The van der Waals surface area contributed by atoms with Crippen molar-refractivity contribution in [2.24, 2.45) is 0 Å². The van der Waals surface area contributed by atoms with E-state index in [-0.39, 0.29) is 5.41 Å². The predicted molar refractivity (Wildman–Crippen MR) is 255 cm³/mol. The fourth-order valence-corrected chi connectivity index (χ4v) is 11.4. The molecule has 0 atom stereocenters. The fraction of sp³-hybridized carbons (Fsp3) is 0.0526. The molecule has 0 saturated carbocycles. The van der Waals surface area contributed by atoms with Crippen LogP contribution >= 0.6 is 11.3 Å². The third-order valence-electron chi connectivity index (χ3n) is 13.2. The molecule has 12 aromatic rings. The first-order valence-corrected chi connectivity index (χ1v) is 21.6. The summed E-state index contributed by atoms with van der Waals surface area (Å²) in [5.41, 5.74) is 17.8. The lowest BCUT2D eigenvalue weighted by Crippen LogP contribution is -2.14. The smallest absolute Gasteiger partial charge is 0.143 e. The van der Waals surface area contributed by atoms with Gasteiger partial charge < -0.3 is 8.98 Å². The monoisotopic (exact) mass is 783 g/mol. The Balaban J connectivity index is 0.942. The summed E-state index contributed by atoms with van der Waals surface area (Å²) >= 11 is 1.86. The van der Waals surface area contributed by atoms with Crippen LogP contribution in [0, 0.1) is 0 Å². The van der Waals surface area contributed by atoms with Gasteiger partial charge >= 0.3 is 0 Å². The number of para-hydroxylation sites is 3. The molecule has 9 aromatic carbocycles. The number of aromatic nitrogens is 1. The zero-order chi connectivity index (χ0) is 39.7. The maximum absolute atomic E-state index is 6.85. The standard InChI is InChI=1S/C57H37NOS/c1-57(2)49-18-6-3-11-39(49)40-28-23-37(33-50(40)57)36-24-29-52-47(31-36)46-17-10-16-45(56(46)59-52)44-15-9-14-43-41-12-4-7-19-51(41)58(55(43)44)38-26-21-34(22-27-38)35-25-30-54-48(32-35)42-13-5-8-20-53(42)60-54/h3-33H,1-2H3. The van der Waals surface area contributed by atoms with Crippen molar-refractivity contribution < 1.29 is 4.42 Å². The van der Waals surface area contributed by atoms with Crippen molar-refractivity contribution in [2.75, 3.05) is 0 Å². The van der Waals surface area contributed by atoms with Gasteiger partial charge in [0.05, 0.1) is 11.0 Å². The van der Waals surface area contributed by atoms with Gasteiger partial charge in [0.1, 0.15) is 11.2 Å². The van der Waals surface area contributed by atoms with Crippen molar-refractivity contribution in [1.29, 1.82) is 0 Å². The van der Waals surface area contributed by atoms with Gasteiger partial charge in [-0.15, -0.1) is 11.3 Å². The highest BCUT2D eigenvalue weighted by Gasteiger charge is 2.35. The number of hydrogen-bond donors (Lipinski definition) is 0. The van der Waals surface area contributed by atoms with Crippen molar-refractivity contribution in [3.8, 4) is 50.2 Å². The van der Waals surface area contributed by atoms with Crippen LogP contribution in [0.3, 0.4) is 0 Å². The molecule has 2 nitrogen and oxygen atoms in total. The third kappa shape index (κ3) is 4.75. The summed E-state index contributed by atoms with van der Waals surface area (Å²) in [6.45, 7) is 4.69. The first-order chi connectivity index (χ1) is 29.5. The van der Waals surface area contributed by atoms with Crippen molar-refractivity contribution in [3.63, 3.8) is 0 Å². The lowest BCUT2D eigenvalue weighted by Gasteiger charge is -2.22.